The molecule has 1 rings (SSSR count). The van der Waals surface area contributed by atoms with Crippen LogP contribution in [0.4, 0.5) is 10.1 Å². The molecule has 0 unspecified atom stereocenters. The molecule has 0 aliphatic heterocycles. The Morgan fingerprint density at radius 2 is 2.12 bits per heavy atom. The zero-order valence-electron chi connectivity index (χ0n) is 9.80. The van der Waals surface area contributed by atoms with Crippen molar-refractivity contribution >= 4 is 11.6 Å². The second-order valence-corrected chi connectivity index (χ2v) is 4.38. The van der Waals surface area contributed by atoms with E-state index in [4.69, 9.17) is 4.74 Å². The molecule has 0 radical (unpaired) electrons. The third kappa shape index (κ3) is 2.68. The van der Waals surface area contributed by atoms with Crippen molar-refractivity contribution in [1.29, 1.82) is 0 Å². The van der Waals surface area contributed by atoms with Gasteiger partial charge in [0.2, 0.25) is 11.8 Å². The summed E-state index contributed by atoms with van der Waals surface area (Å²) in [5.74, 6) is -0.792. The number of carbonyl (C=O) groups is 1. The van der Waals surface area contributed by atoms with Crippen molar-refractivity contribution in [3.8, 4) is 5.88 Å². The van der Waals surface area contributed by atoms with Gasteiger partial charge in [0.15, 0.2) is 5.82 Å². The molecule has 1 N–H and O–H groups in total. The van der Waals surface area contributed by atoms with Gasteiger partial charge in [-0.2, -0.15) is 0 Å². The molecule has 88 valence electrons. The van der Waals surface area contributed by atoms with E-state index in [1.54, 1.807) is 20.8 Å². The van der Waals surface area contributed by atoms with Gasteiger partial charge in [0, 0.05) is 11.6 Å². The summed E-state index contributed by atoms with van der Waals surface area (Å²) < 4.78 is 18.3. The molecular formula is C11H15FN2O2. The summed E-state index contributed by atoms with van der Waals surface area (Å²) in [5.41, 5.74) is -0.627. The molecule has 0 aromatic carbocycles. The number of methoxy groups -OCH3 is 1. The number of amides is 1. The Hall–Kier alpha value is -1.65. The molecule has 1 heterocycles. The van der Waals surface area contributed by atoms with E-state index in [1.165, 1.54) is 19.4 Å². The number of anilines is 1. The van der Waals surface area contributed by atoms with Crippen LogP contribution in [0.2, 0.25) is 0 Å². The lowest BCUT2D eigenvalue weighted by atomic mass is 9.95. The highest BCUT2D eigenvalue weighted by Gasteiger charge is 2.24. The number of halogens is 1. The summed E-state index contributed by atoms with van der Waals surface area (Å²) in [6.45, 7) is 5.22. The summed E-state index contributed by atoms with van der Waals surface area (Å²) in [6.07, 6.45) is 1.28. The molecule has 0 bridgehead atoms. The summed E-state index contributed by atoms with van der Waals surface area (Å²) in [4.78, 5) is 15.5. The maximum Gasteiger partial charge on any atom is 0.240 e. The van der Waals surface area contributed by atoms with Crippen molar-refractivity contribution in [2.75, 3.05) is 12.4 Å². The van der Waals surface area contributed by atoms with Gasteiger partial charge in [-0.25, -0.2) is 9.37 Å². The molecule has 0 aliphatic rings. The number of nitrogens with one attached hydrogen (secondary N) is 1. The number of aromatic nitrogens is 1. The quantitative estimate of drug-likeness (QED) is 0.841. The van der Waals surface area contributed by atoms with E-state index >= 15 is 0 Å². The lowest BCUT2D eigenvalue weighted by Gasteiger charge is -2.18. The summed E-state index contributed by atoms with van der Waals surface area (Å²) >= 11 is 0. The third-order valence-electron chi connectivity index (χ3n) is 1.98. The molecule has 0 spiro atoms. The minimum Gasteiger partial charge on any atom is -0.479 e. The largest absolute Gasteiger partial charge is 0.479 e. The van der Waals surface area contributed by atoms with E-state index in [1.807, 2.05) is 0 Å². The van der Waals surface area contributed by atoms with Gasteiger partial charge in [-0.15, -0.1) is 0 Å². The molecule has 5 heteroatoms. The van der Waals surface area contributed by atoms with E-state index in [-0.39, 0.29) is 17.5 Å². The molecule has 1 amide bonds. The molecule has 4 nitrogen and oxygen atoms in total. The molecule has 0 saturated heterocycles. The van der Waals surface area contributed by atoms with Gasteiger partial charge >= 0.3 is 0 Å². The van der Waals surface area contributed by atoms with Gasteiger partial charge < -0.3 is 10.1 Å². The Bertz CT molecular complexity index is 399. The van der Waals surface area contributed by atoms with Crippen LogP contribution in [0, 0.1) is 11.2 Å². The second kappa shape index (κ2) is 4.47. The van der Waals surface area contributed by atoms with Gasteiger partial charge in [-0.05, 0) is 6.07 Å². The standard InChI is InChI=1S/C11H15FN2O2/c1-11(2,3)10(15)14-8-7(12)5-6-13-9(8)16-4/h5-6H,1-4H3,(H,14,15). The van der Waals surface area contributed by atoms with E-state index < -0.39 is 11.2 Å². The lowest BCUT2D eigenvalue weighted by Crippen LogP contribution is -2.28. The highest BCUT2D eigenvalue weighted by Crippen LogP contribution is 2.26. The van der Waals surface area contributed by atoms with Crippen molar-refractivity contribution in [3.05, 3.63) is 18.1 Å². The van der Waals surface area contributed by atoms with Crippen molar-refractivity contribution in [1.82, 2.24) is 4.98 Å². The smallest absolute Gasteiger partial charge is 0.240 e. The first kappa shape index (κ1) is 12.4. The molecule has 1 aromatic heterocycles. The topological polar surface area (TPSA) is 51.2 Å². The first-order valence-corrected chi connectivity index (χ1v) is 4.86. The van der Waals surface area contributed by atoms with Crippen molar-refractivity contribution in [2.45, 2.75) is 20.8 Å². The molecule has 0 fully saturated rings. The number of pyridine rings is 1. The fraction of sp³-hybridized carbons (Fsp3) is 0.455. The highest BCUT2D eigenvalue weighted by atomic mass is 19.1. The minimum atomic E-state index is -0.604. The number of nitrogens with zero attached hydrogens (tertiary/aromatic N) is 1. The van der Waals surface area contributed by atoms with Crippen molar-refractivity contribution in [2.24, 2.45) is 5.41 Å². The minimum absolute atomic E-state index is 0.0232. The van der Waals surface area contributed by atoms with E-state index in [9.17, 15) is 9.18 Å². The first-order chi connectivity index (χ1) is 7.36. The number of hydrogen-bond donors (Lipinski definition) is 1. The highest BCUT2D eigenvalue weighted by molar-refractivity contribution is 5.95. The predicted octanol–water partition coefficient (Wildman–Crippen LogP) is 2.21. The third-order valence-corrected chi connectivity index (χ3v) is 1.98. The number of rotatable bonds is 2. The van der Waals surface area contributed by atoms with Crippen LogP contribution >= 0.6 is 0 Å². The van der Waals surface area contributed by atoms with Crippen LogP contribution in [-0.4, -0.2) is 18.0 Å². The van der Waals surface area contributed by atoms with Crippen LogP contribution in [0.25, 0.3) is 0 Å². The molecule has 0 saturated carbocycles. The Balaban J connectivity index is 3.01. The van der Waals surface area contributed by atoms with Gasteiger partial charge in [0.1, 0.15) is 5.69 Å². The summed E-state index contributed by atoms with van der Waals surface area (Å²) in [6, 6.07) is 1.17. The number of ether oxygens (including phenoxy) is 1. The summed E-state index contributed by atoms with van der Waals surface area (Å²) in [5, 5.41) is 2.47. The predicted molar refractivity (Wildman–Crippen MR) is 58.8 cm³/mol. The maximum atomic E-state index is 13.5. The van der Waals surface area contributed by atoms with Crippen LogP contribution in [-0.2, 0) is 4.79 Å². The first-order valence-electron chi connectivity index (χ1n) is 4.86. The van der Waals surface area contributed by atoms with Crippen LogP contribution in [0.5, 0.6) is 5.88 Å². The fourth-order valence-electron chi connectivity index (χ4n) is 0.989. The van der Waals surface area contributed by atoms with Crippen LogP contribution in [0.3, 0.4) is 0 Å². The van der Waals surface area contributed by atoms with Gasteiger partial charge in [-0.3, -0.25) is 4.79 Å². The molecule has 16 heavy (non-hydrogen) atoms. The van der Waals surface area contributed by atoms with Gasteiger partial charge in [0.25, 0.3) is 0 Å². The summed E-state index contributed by atoms with van der Waals surface area (Å²) in [7, 11) is 1.37. The van der Waals surface area contributed by atoms with Crippen LogP contribution < -0.4 is 10.1 Å². The van der Waals surface area contributed by atoms with Gasteiger partial charge in [0.05, 0.1) is 7.11 Å². The van der Waals surface area contributed by atoms with E-state index in [2.05, 4.69) is 10.3 Å². The number of hydrogen-bond acceptors (Lipinski definition) is 3. The SMILES string of the molecule is COc1nccc(F)c1NC(=O)C(C)(C)C. The average molecular weight is 226 g/mol. The average Bonchev–Trinajstić information content (AvgIpc) is 2.19. The zero-order chi connectivity index (χ0) is 12.3. The number of carbonyl (C=O) groups excluding carboxylic acids is 1. The fourth-order valence-corrected chi connectivity index (χ4v) is 0.989. The van der Waals surface area contributed by atoms with Gasteiger partial charge in [-0.1, -0.05) is 20.8 Å². The van der Waals surface area contributed by atoms with Crippen LogP contribution in [0.15, 0.2) is 12.3 Å². The monoisotopic (exact) mass is 226 g/mol. The maximum absolute atomic E-state index is 13.5. The van der Waals surface area contributed by atoms with Crippen molar-refractivity contribution < 1.29 is 13.9 Å². The van der Waals surface area contributed by atoms with Crippen molar-refractivity contribution in [3.63, 3.8) is 0 Å². The molecule has 1 aromatic rings. The van der Waals surface area contributed by atoms with Crippen LogP contribution in [0.1, 0.15) is 20.8 Å². The Morgan fingerprint density at radius 1 is 1.50 bits per heavy atom. The molecular weight excluding hydrogens is 211 g/mol. The normalized spacial score (nSPS) is 11.1. The molecule has 0 aliphatic carbocycles. The zero-order valence-corrected chi connectivity index (χ0v) is 9.80. The Kier molecular flexibility index (Phi) is 3.47. The van der Waals surface area contributed by atoms with E-state index in [0.717, 1.165) is 0 Å². The van der Waals surface area contributed by atoms with E-state index in [0.29, 0.717) is 0 Å². The second-order valence-electron chi connectivity index (χ2n) is 4.38. The Labute approximate surface area is 93.8 Å². The Morgan fingerprint density at radius 3 is 2.62 bits per heavy atom. The lowest BCUT2D eigenvalue weighted by molar-refractivity contribution is -0.123. The molecule has 0 atom stereocenters.